The van der Waals surface area contributed by atoms with Crippen LogP contribution in [0.2, 0.25) is 23.2 Å². The lowest BCUT2D eigenvalue weighted by Crippen LogP contribution is -2.44. The molecule has 192 valence electrons. The Morgan fingerprint density at radius 3 is 2.46 bits per heavy atom. The van der Waals surface area contributed by atoms with Gasteiger partial charge in [-0.1, -0.05) is 87.5 Å². The highest BCUT2D eigenvalue weighted by atomic mass is 35.5. The fourth-order valence-electron chi connectivity index (χ4n) is 3.45. The first-order valence-corrected chi connectivity index (χ1v) is 17.0. The number of aromatic nitrogens is 3. The molecule has 0 aliphatic carbocycles. The number of thiazole rings is 1. The molecular weight excluding hydrogens is 514 g/mol. The summed E-state index contributed by atoms with van der Waals surface area (Å²) >= 11 is 9.41. The summed E-state index contributed by atoms with van der Waals surface area (Å²) in [5.74, 6) is 1.27. The molecule has 2 atom stereocenters. The number of anilines is 2. The van der Waals surface area contributed by atoms with Gasteiger partial charge in [-0.25, -0.2) is 15.0 Å². The fourth-order valence-corrected chi connectivity index (χ4v) is 6.53. The van der Waals surface area contributed by atoms with E-state index in [0.29, 0.717) is 28.5 Å². The Morgan fingerprint density at radius 1 is 1.14 bits per heavy atom. The molecular formula is C25H38ClN5OS2Si. The first-order chi connectivity index (χ1) is 16.3. The molecule has 1 unspecified atom stereocenters. The van der Waals surface area contributed by atoms with E-state index in [1.165, 1.54) is 11.3 Å². The van der Waals surface area contributed by atoms with Crippen molar-refractivity contribution in [1.29, 1.82) is 0 Å². The van der Waals surface area contributed by atoms with Gasteiger partial charge in [-0.05, 0) is 49.0 Å². The molecule has 10 heteroatoms. The van der Waals surface area contributed by atoms with Crippen LogP contribution in [0, 0.1) is 5.92 Å². The van der Waals surface area contributed by atoms with E-state index in [1.54, 1.807) is 11.8 Å². The summed E-state index contributed by atoms with van der Waals surface area (Å²) in [7, 11) is -1.88. The molecule has 6 nitrogen and oxygen atoms in total. The Balaban J connectivity index is 1.89. The monoisotopic (exact) mass is 551 g/mol. The van der Waals surface area contributed by atoms with Crippen molar-refractivity contribution in [2.24, 2.45) is 5.92 Å². The normalized spacial score (nSPS) is 14.5. The Hall–Kier alpha value is -1.39. The minimum absolute atomic E-state index is 0.0818. The molecule has 3 aromatic rings. The number of hydrogen-bond donors (Lipinski definition) is 2. The minimum atomic E-state index is -1.88. The summed E-state index contributed by atoms with van der Waals surface area (Å²) in [5.41, 5.74) is 7.73. The lowest BCUT2D eigenvalue weighted by Gasteiger charge is -2.37. The molecule has 0 radical (unpaired) electrons. The molecule has 0 bridgehead atoms. The van der Waals surface area contributed by atoms with E-state index in [9.17, 15) is 0 Å². The molecule has 0 spiro atoms. The van der Waals surface area contributed by atoms with Crippen LogP contribution in [0.4, 0.5) is 10.9 Å². The van der Waals surface area contributed by atoms with E-state index in [4.69, 9.17) is 31.7 Å². The zero-order chi connectivity index (χ0) is 26.0. The predicted octanol–water partition coefficient (Wildman–Crippen LogP) is 8.02. The molecule has 35 heavy (non-hydrogen) atoms. The highest BCUT2D eigenvalue weighted by molar-refractivity contribution is 7.99. The second kappa shape index (κ2) is 11.3. The summed E-state index contributed by atoms with van der Waals surface area (Å²) in [6.45, 7) is 18.6. The van der Waals surface area contributed by atoms with E-state index >= 15 is 0 Å². The quantitative estimate of drug-likeness (QED) is 0.150. The number of nitrogen functional groups attached to an aromatic ring is 1. The van der Waals surface area contributed by atoms with Gasteiger partial charge in [-0.2, -0.15) is 0 Å². The van der Waals surface area contributed by atoms with Crippen molar-refractivity contribution in [3.63, 3.8) is 0 Å². The molecule has 3 rings (SSSR count). The van der Waals surface area contributed by atoms with Crippen LogP contribution >= 0.6 is 34.7 Å². The summed E-state index contributed by atoms with van der Waals surface area (Å²) in [5, 5.41) is 5.78. The average Bonchev–Trinajstić information content (AvgIpc) is 3.11. The Labute approximate surface area is 224 Å². The van der Waals surface area contributed by atoms with Gasteiger partial charge < -0.3 is 15.5 Å². The van der Waals surface area contributed by atoms with Crippen LogP contribution in [0.1, 0.15) is 58.8 Å². The first-order valence-electron chi connectivity index (χ1n) is 12.0. The summed E-state index contributed by atoms with van der Waals surface area (Å²) in [4.78, 5) is 14.1. The number of fused-ring (bicyclic) bond motifs is 1. The van der Waals surface area contributed by atoms with Crippen LogP contribution in [0.25, 0.3) is 10.3 Å². The Bertz CT molecular complexity index is 1150. The van der Waals surface area contributed by atoms with Crippen LogP contribution in [0.15, 0.2) is 29.4 Å². The average molecular weight is 552 g/mol. The van der Waals surface area contributed by atoms with Crippen LogP contribution in [0.5, 0.6) is 0 Å². The van der Waals surface area contributed by atoms with Gasteiger partial charge in [-0.15, -0.1) is 0 Å². The molecule has 0 amide bonds. The molecule has 0 saturated carbocycles. The maximum absolute atomic E-state index is 6.59. The Morgan fingerprint density at radius 2 is 1.83 bits per heavy atom. The van der Waals surface area contributed by atoms with Gasteiger partial charge in [0.15, 0.2) is 30.1 Å². The number of hydrogen-bond acceptors (Lipinski definition) is 8. The third-order valence-electron chi connectivity index (χ3n) is 6.42. The predicted molar refractivity (Wildman–Crippen MR) is 155 cm³/mol. The molecule has 0 fully saturated rings. The number of halogens is 1. The fraction of sp³-hybridized carbons (Fsp3) is 0.560. The van der Waals surface area contributed by atoms with Gasteiger partial charge in [0.25, 0.3) is 0 Å². The first kappa shape index (κ1) is 28.2. The van der Waals surface area contributed by atoms with Gasteiger partial charge in [-0.3, -0.25) is 0 Å². The van der Waals surface area contributed by atoms with Gasteiger partial charge in [0.2, 0.25) is 0 Å². The number of nitrogens with zero attached hydrogens (tertiary/aromatic N) is 3. The molecule has 0 aliphatic heterocycles. The van der Waals surface area contributed by atoms with Crippen molar-refractivity contribution in [2.75, 3.05) is 17.7 Å². The third-order valence-corrected chi connectivity index (χ3v) is 13.1. The molecule has 2 heterocycles. The molecule has 0 saturated heterocycles. The zero-order valence-corrected chi connectivity index (χ0v) is 25.4. The largest absolute Gasteiger partial charge is 0.415 e. The smallest absolute Gasteiger partial charge is 0.192 e. The van der Waals surface area contributed by atoms with Crippen LogP contribution < -0.4 is 11.1 Å². The summed E-state index contributed by atoms with van der Waals surface area (Å²) in [6, 6.07) is 7.99. The number of rotatable bonds is 10. The SMILES string of the molecule is CC(C)C[C@H](CO[Si](C)(C)C(C)(C)C)Nc1nc(SC(C)c2ccccc2Cl)nc2nc(N)sc12. The van der Waals surface area contributed by atoms with Crippen LogP contribution in [-0.4, -0.2) is 35.9 Å². The van der Waals surface area contributed by atoms with E-state index < -0.39 is 8.32 Å². The van der Waals surface area contributed by atoms with E-state index in [0.717, 1.165) is 27.5 Å². The lowest BCUT2D eigenvalue weighted by atomic mass is 10.0. The van der Waals surface area contributed by atoms with Gasteiger partial charge in [0.05, 0.1) is 6.61 Å². The second-order valence-electron chi connectivity index (χ2n) is 10.9. The van der Waals surface area contributed by atoms with Gasteiger partial charge in [0.1, 0.15) is 4.70 Å². The second-order valence-corrected chi connectivity index (χ2v) is 18.4. The Kier molecular flexibility index (Phi) is 9.13. The molecule has 2 aromatic heterocycles. The number of nitrogens with two attached hydrogens (primary N) is 1. The standard InChI is InChI=1S/C25H38ClN5OS2Si/c1-15(2)13-17(14-32-35(7,8)25(4,5)6)28-21-20-22(29-23(27)34-20)31-24(30-21)33-16(3)18-11-9-10-12-19(18)26/h9-12,15-17H,13-14H2,1-8H3,(H3,27,28,29,30,31)/t16?,17-/m1/s1. The lowest BCUT2D eigenvalue weighted by molar-refractivity contribution is 0.257. The molecule has 3 N–H and O–H groups in total. The van der Waals surface area contributed by atoms with Gasteiger partial charge >= 0.3 is 0 Å². The maximum atomic E-state index is 6.59. The number of nitrogens with one attached hydrogen (secondary N) is 1. The van der Waals surface area contributed by atoms with Crippen molar-refractivity contribution in [1.82, 2.24) is 15.0 Å². The van der Waals surface area contributed by atoms with E-state index in [-0.39, 0.29) is 16.3 Å². The minimum Gasteiger partial charge on any atom is -0.415 e. The highest BCUT2D eigenvalue weighted by Crippen LogP contribution is 2.39. The number of thioether (sulfide) groups is 1. The summed E-state index contributed by atoms with van der Waals surface area (Å²) in [6.07, 6.45) is 0.965. The van der Waals surface area contributed by atoms with Crippen molar-refractivity contribution >= 4 is 64.3 Å². The zero-order valence-electron chi connectivity index (χ0n) is 22.0. The van der Waals surface area contributed by atoms with Gasteiger partial charge in [0, 0.05) is 16.3 Å². The van der Waals surface area contributed by atoms with Crippen LogP contribution in [-0.2, 0) is 4.43 Å². The van der Waals surface area contributed by atoms with Crippen molar-refractivity contribution < 1.29 is 4.43 Å². The van der Waals surface area contributed by atoms with Crippen molar-refractivity contribution in [3.8, 4) is 0 Å². The third kappa shape index (κ3) is 7.32. The molecule has 1 aromatic carbocycles. The molecule has 0 aliphatic rings. The maximum Gasteiger partial charge on any atom is 0.192 e. The topological polar surface area (TPSA) is 86.0 Å². The highest BCUT2D eigenvalue weighted by Gasteiger charge is 2.37. The van der Waals surface area contributed by atoms with Crippen LogP contribution in [0.3, 0.4) is 0 Å². The van der Waals surface area contributed by atoms with E-state index in [2.05, 4.69) is 64.9 Å². The summed E-state index contributed by atoms with van der Waals surface area (Å²) < 4.78 is 7.46. The van der Waals surface area contributed by atoms with Crippen molar-refractivity contribution in [3.05, 3.63) is 34.9 Å². The van der Waals surface area contributed by atoms with E-state index in [1.807, 2.05) is 24.3 Å². The van der Waals surface area contributed by atoms with Crippen molar-refractivity contribution in [2.45, 2.75) is 82.5 Å². The number of benzene rings is 1.